The molecule has 0 radical (unpaired) electrons. The van der Waals surface area contributed by atoms with Gasteiger partial charge in [-0.2, -0.15) is 0 Å². The Bertz CT molecular complexity index is 1560. The van der Waals surface area contributed by atoms with Crippen LogP contribution >= 0.6 is 57.5 Å². The van der Waals surface area contributed by atoms with Crippen LogP contribution in [0.3, 0.4) is 0 Å². The van der Waals surface area contributed by atoms with Gasteiger partial charge < -0.3 is 15.0 Å². The molecule has 2 aromatic carbocycles. The summed E-state index contributed by atoms with van der Waals surface area (Å²) in [7, 11) is 1.30. The number of anilines is 1. The fraction of sp³-hybridized carbons (Fsp3) is 0.222. The van der Waals surface area contributed by atoms with E-state index in [1.807, 2.05) is 28.5 Å². The number of hydrogen-bond donors (Lipinski definition) is 1. The minimum Gasteiger partial charge on any atom is -0.465 e. The lowest BCUT2D eigenvalue weighted by atomic mass is 10.0. The van der Waals surface area contributed by atoms with Crippen LogP contribution in [-0.4, -0.2) is 67.4 Å². The molecule has 1 saturated heterocycles. The SMILES string of the molecule is COC(=O)c1c(-c2ccc(Cl)cc2)csc1NC(=O)CN1CCN(C(=O)c2sc3cc(Cl)ccc3c2Cl)CC1. The molecule has 1 aliphatic rings. The number of rotatable bonds is 6. The third-order valence-corrected chi connectivity index (χ3v) is 9.43. The molecule has 0 bridgehead atoms. The van der Waals surface area contributed by atoms with Gasteiger partial charge in [0.05, 0.1) is 18.7 Å². The van der Waals surface area contributed by atoms with E-state index in [-0.39, 0.29) is 18.4 Å². The van der Waals surface area contributed by atoms with E-state index in [9.17, 15) is 14.4 Å². The number of esters is 1. The first kappa shape index (κ1) is 27.9. The second kappa shape index (κ2) is 11.8. The van der Waals surface area contributed by atoms with Gasteiger partial charge in [-0.1, -0.05) is 53.0 Å². The monoisotopic (exact) mass is 621 g/mol. The molecule has 4 aromatic rings. The average molecular weight is 623 g/mol. The zero-order chi connectivity index (χ0) is 27.7. The number of halogens is 3. The Hall–Kier alpha value is -2.66. The average Bonchev–Trinajstić information content (AvgIpc) is 3.49. The van der Waals surface area contributed by atoms with Gasteiger partial charge in [-0.3, -0.25) is 14.5 Å². The van der Waals surface area contributed by atoms with Gasteiger partial charge in [0.25, 0.3) is 5.91 Å². The second-order valence-corrected chi connectivity index (χ2v) is 12.0. The summed E-state index contributed by atoms with van der Waals surface area (Å²) in [6.07, 6.45) is 0. The maximum Gasteiger partial charge on any atom is 0.341 e. The van der Waals surface area contributed by atoms with Crippen molar-refractivity contribution >= 4 is 90.3 Å². The third kappa shape index (κ3) is 5.94. The van der Waals surface area contributed by atoms with Crippen molar-refractivity contribution in [2.24, 2.45) is 0 Å². The molecule has 0 saturated carbocycles. The highest BCUT2D eigenvalue weighted by molar-refractivity contribution is 7.21. The Morgan fingerprint density at radius 3 is 2.36 bits per heavy atom. The molecule has 39 heavy (non-hydrogen) atoms. The summed E-state index contributed by atoms with van der Waals surface area (Å²) in [4.78, 5) is 42.9. The largest absolute Gasteiger partial charge is 0.465 e. The normalized spacial score (nSPS) is 14.0. The molecular weight excluding hydrogens is 601 g/mol. The maximum absolute atomic E-state index is 13.2. The topological polar surface area (TPSA) is 79.0 Å². The first-order chi connectivity index (χ1) is 18.7. The van der Waals surface area contributed by atoms with Crippen molar-refractivity contribution in [3.05, 3.63) is 73.4 Å². The molecule has 7 nitrogen and oxygen atoms in total. The number of nitrogens with zero attached hydrogens (tertiary/aromatic N) is 2. The molecule has 0 unspecified atom stereocenters. The lowest BCUT2D eigenvalue weighted by Gasteiger charge is -2.34. The molecule has 1 N–H and O–H groups in total. The summed E-state index contributed by atoms with van der Waals surface area (Å²) in [5, 5.41) is 7.52. The zero-order valence-corrected chi connectivity index (χ0v) is 24.5. The molecule has 0 aliphatic carbocycles. The van der Waals surface area contributed by atoms with Crippen LogP contribution < -0.4 is 5.32 Å². The van der Waals surface area contributed by atoms with Crippen molar-refractivity contribution in [3.8, 4) is 11.1 Å². The Labute approximate surface area is 247 Å². The lowest BCUT2D eigenvalue weighted by molar-refractivity contribution is -0.117. The van der Waals surface area contributed by atoms with Gasteiger partial charge in [-0.15, -0.1) is 22.7 Å². The highest BCUT2D eigenvalue weighted by atomic mass is 35.5. The number of thiophene rings is 2. The highest BCUT2D eigenvalue weighted by Crippen LogP contribution is 2.38. The number of benzene rings is 2. The number of fused-ring (bicyclic) bond motifs is 1. The minimum atomic E-state index is -0.536. The maximum atomic E-state index is 13.2. The predicted octanol–water partition coefficient (Wildman–Crippen LogP) is 6.77. The van der Waals surface area contributed by atoms with Crippen molar-refractivity contribution in [1.29, 1.82) is 0 Å². The van der Waals surface area contributed by atoms with Crippen molar-refractivity contribution < 1.29 is 19.1 Å². The van der Waals surface area contributed by atoms with Gasteiger partial charge in [-0.05, 0) is 29.8 Å². The van der Waals surface area contributed by atoms with Gasteiger partial charge in [0.2, 0.25) is 5.91 Å². The second-order valence-electron chi connectivity index (χ2n) is 8.85. The summed E-state index contributed by atoms with van der Waals surface area (Å²) in [5.41, 5.74) is 1.75. The van der Waals surface area contributed by atoms with E-state index in [0.717, 1.165) is 15.6 Å². The van der Waals surface area contributed by atoms with E-state index < -0.39 is 5.97 Å². The van der Waals surface area contributed by atoms with Crippen molar-refractivity contribution in [1.82, 2.24) is 9.80 Å². The summed E-state index contributed by atoms with van der Waals surface area (Å²) < 4.78 is 5.85. The van der Waals surface area contributed by atoms with E-state index >= 15 is 0 Å². The van der Waals surface area contributed by atoms with Gasteiger partial charge >= 0.3 is 5.97 Å². The number of hydrogen-bond acceptors (Lipinski definition) is 7. The van der Waals surface area contributed by atoms with Gasteiger partial charge in [0.15, 0.2) is 0 Å². The fourth-order valence-electron chi connectivity index (χ4n) is 4.40. The van der Waals surface area contributed by atoms with E-state index in [1.165, 1.54) is 29.8 Å². The third-order valence-electron chi connectivity index (χ3n) is 6.40. The summed E-state index contributed by atoms with van der Waals surface area (Å²) in [5.74, 6) is -0.919. The summed E-state index contributed by atoms with van der Waals surface area (Å²) >= 11 is 21.2. The first-order valence-electron chi connectivity index (χ1n) is 11.9. The van der Waals surface area contributed by atoms with Crippen LogP contribution in [0.25, 0.3) is 21.2 Å². The molecule has 3 heterocycles. The van der Waals surface area contributed by atoms with Crippen LogP contribution in [-0.2, 0) is 9.53 Å². The molecule has 202 valence electrons. The van der Waals surface area contributed by atoms with Crippen LogP contribution in [0.4, 0.5) is 5.00 Å². The zero-order valence-electron chi connectivity index (χ0n) is 20.6. The van der Waals surface area contributed by atoms with E-state index in [1.54, 1.807) is 29.2 Å². The van der Waals surface area contributed by atoms with Crippen molar-refractivity contribution in [2.45, 2.75) is 0 Å². The Morgan fingerprint density at radius 2 is 1.67 bits per heavy atom. The van der Waals surface area contributed by atoms with Crippen LogP contribution in [0.2, 0.25) is 15.1 Å². The minimum absolute atomic E-state index is 0.124. The Balaban J connectivity index is 1.22. The molecule has 0 spiro atoms. The molecule has 2 aromatic heterocycles. The molecule has 2 amide bonds. The number of carbonyl (C=O) groups is 3. The molecule has 12 heteroatoms. The van der Waals surface area contributed by atoms with E-state index in [2.05, 4.69) is 5.32 Å². The molecule has 5 rings (SSSR count). The predicted molar refractivity (Wildman–Crippen MR) is 159 cm³/mol. The molecule has 1 fully saturated rings. The number of nitrogens with one attached hydrogen (secondary N) is 1. The number of piperazine rings is 1. The van der Waals surface area contributed by atoms with Gasteiger partial charge in [0, 0.05) is 57.3 Å². The van der Waals surface area contributed by atoms with Crippen LogP contribution in [0.5, 0.6) is 0 Å². The number of amides is 2. The lowest BCUT2D eigenvalue weighted by Crippen LogP contribution is -2.50. The first-order valence-corrected chi connectivity index (χ1v) is 14.7. The molecular formula is C27H22Cl3N3O4S2. The Kier molecular flexibility index (Phi) is 8.46. The number of methoxy groups -OCH3 is 1. The number of carbonyl (C=O) groups excluding carboxylic acids is 3. The van der Waals surface area contributed by atoms with Gasteiger partial charge in [-0.25, -0.2) is 4.79 Å². The fourth-order valence-corrected chi connectivity index (χ4v) is 7.25. The van der Waals surface area contributed by atoms with Crippen molar-refractivity contribution in [2.75, 3.05) is 45.2 Å². The molecule has 0 atom stereocenters. The smallest absolute Gasteiger partial charge is 0.341 e. The van der Waals surface area contributed by atoms with E-state index in [0.29, 0.717) is 62.3 Å². The molecule has 1 aliphatic heterocycles. The van der Waals surface area contributed by atoms with Gasteiger partial charge in [0.1, 0.15) is 15.4 Å². The summed E-state index contributed by atoms with van der Waals surface area (Å²) in [6.45, 7) is 2.10. The van der Waals surface area contributed by atoms with Crippen LogP contribution in [0.15, 0.2) is 47.8 Å². The highest BCUT2D eigenvalue weighted by Gasteiger charge is 2.28. The summed E-state index contributed by atoms with van der Waals surface area (Å²) in [6, 6.07) is 12.5. The van der Waals surface area contributed by atoms with Crippen LogP contribution in [0, 0.1) is 0 Å². The number of ether oxygens (including phenoxy) is 1. The van der Waals surface area contributed by atoms with E-state index in [4.69, 9.17) is 39.5 Å². The Morgan fingerprint density at radius 1 is 0.974 bits per heavy atom. The van der Waals surface area contributed by atoms with Crippen LogP contribution in [0.1, 0.15) is 20.0 Å². The standard InChI is InChI=1S/C27H22Cl3N3O4S2/c1-37-27(36)22-19(15-2-4-16(28)5-3-15)14-38-25(22)31-21(34)13-32-8-10-33(11-9-32)26(35)24-23(30)18-7-6-17(29)12-20(18)39-24/h2-7,12,14H,8-11,13H2,1H3,(H,31,34). The quantitative estimate of drug-likeness (QED) is 0.240. The van der Waals surface area contributed by atoms with Crippen molar-refractivity contribution in [3.63, 3.8) is 0 Å².